The first-order chi connectivity index (χ1) is 7.19. The van der Waals surface area contributed by atoms with Crippen LogP contribution in [0.1, 0.15) is 46.5 Å². The molecule has 0 radical (unpaired) electrons. The van der Waals surface area contributed by atoms with Crippen LogP contribution in [-0.4, -0.2) is 12.4 Å². The van der Waals surface area contributed by atoms with Crippen molar-refractivity contribution < 1.29 is 9.53 Å². The van der Waals surface area contributed by atoms with Gasteiger partial charge < -0.3 is 4.74 Å². The van der Waals surface area contributed by atoms with E-state index in [-0.39, 0.29) is 5.92 Å². The Kier molecular flexibility index (Phi) is 4.86. The molecule has 0 spiro atoms. The number of carbonyl (C=O) groups excluding carboxylic acids is 1. The number of rotatable bonds is 5. The first-order valence-electron chi connectivity index (χ1n) is 6.03. The summed E-state index contributed by atoms with van der Waals surface area (Å²) in [4.78, 5) is 11.4. The highest BCUT2D eigenvalue weighted by atomic mass is 16.5. The standard InChI is InChI=1S/C13H22O2/c1-4-6-12(15-5-2)9-11-7-8-13(14)10(11)3/h6,10-11H,4-5,7-9H2,1-3H3/b12-6-. The SMILES string of the molecule is CC/C=C(/CC1CCC(=O)C1C)OCC. The molecule has 1 rings (SSSR count). The first kappa shape index (κ1) is 12.3. The Bertz CT molecular complexity index is 243. The Balaban J connectivity index is 2.51. The highest BCUT2D eigenvalue weighted by Gasteiger charge is 2.31. The predicted molar refractivity (Wildman–Crippen MR) is 61.5 cm³/mol. The normalized spacial score (nSPS) is 27.1. The molecule has 15 heavy (non-hydrogen) atoms. The van der Waals surface area contributed by atoms with Gasteiger partial charge >= 0.3 is 0 Å². The van der Waals surface area contributed by atoms with Gasteiger partial charge in [-0.3, -0.25) is 4.79 Å². The van der Waals surface area contributed by atoms with Crippen molar-refractivity contribution in [3.63, 3.8) is 0 Å². The van der Waals surface area contributed by atoms with Crippen molar-refractivity contribution in [2.45, 2.75) is 46.5 Å². The zero-order valence-corrected chi connectivity index (χ0v) is 10.1. The second-order valence-corrected chi connectivity index (χ2v) is 4.27. The monoisotopic (exact) mass is 210 g/mol. The number of allylic oxidation sites excluding steroid dienone is 2. The van der Waals surface area contributed by atoms with E-state index in [0.717, 1.165) is 38.0 Å². The Morgan fingerprint density at radius 3 is 2.73 bits per heavy atom. The first-order valence-corrected chi connectivity index (χ1v) is 6.03. The van der Waals surface area contributed by atoms with Crippen molar-refractivity contribution in [1.29, 1.82) is 0 Å². The number of Topliss-reactive ketones (excluding diaryl/α,β-unsaturated/α-hetero) is 1. The Hall–Kier alpha value is -0.790. The zero-order valence-electron chi connectivity index (χ0n) is 10.1. The molecule has 1 fully saturated rings. The van der Waals surface area contributed by atoms with Crippen LogP contribution in [0, 0.1) is 11.8 Å². The third-order valence-electron chi connectivity index (χ3n) is 3.20. The van der Waals surface area contributed by atoms with Crippen LogP contribution in [0.3, 0.4) is 0 Å². The third-order valence-corrected chi connectivity index (χ3v) is 3.20. The van der Waals surface area contributed by atoms with E-state index in [1.165, 1.54) is 0 Å². The van der Waals surface area contributed by atoms with Crippen molar-refractivity contribution in [2.75, 3.05) is 6.61 Å². The lowest BCUT2D eigenvalue weighted by Gasteiger charge is -2.16. The molecule has 1 aliphatic rings. The maximum Gasteiger partial charge on any atom is 0.136 e. The fourth-order valence-electron chi connectivity index (χ4n) is 2.22. The van der Waals surface area contributed by atoms with E-state index in [4.69, 9.17) is 4.74 Å². The molecule has 0 N–H and O–H groups in total. The van der Waals surface area contributed by atoms with Crippen LogP contribution in [0.2, 0.25) is 0 Å². The van der Waals surface area contributed by atoms with E-state index < -0.39 is 0 Å². The number of carbonyl (C=O) groups is 1. The minimum absolute atomic E-state index is 0.228. The summed E-state index contributed by atoms with van der Waals surface area (Å²) >= 11 is 0. The molecule has 0 saturated heterocycles. The summed E-state index contributed by atoms with van der Waals surface area (Å²) in [7, 11) is 0. The molecule has 0 aromatic rings. The van der Waals surface area contributed by atoms with E-state index in [9.17, 15) is 4.79 Å². The van der Waals surface area contributed by atoms with Crippen LogP contribution >= 0.6 is 0 Å². The van der Waals surface area contributed by atoms with E-state index in [1.54, 1.807) is 0 Å². The summed E-state index contributed by atoms with van der Waals surface area (Å²) in [6.07, 6.45) is 5.88. The predicted octanol–water partition coefficient (Wildman–Crippen LogP) is 3.32. The summed E-state index contributed by atoms with van der Waals surface area (Å²) in [5.74, 6) is 2.23. The van der Waals surface area contributed by atoms with Gasteiger partial charge in [-0.1, -0.05) is 13.8 Å². The van der Waals surface area contributed by atoms with Gasteiger partial charge in [0.2, 0.25) is 0 Å². The van der Waals surface area contributed by atoms with Crippen LogP contribution in [0.15, 0.2) is 11.8 Å². The number of hydrogen-bond donors (Lipinski definition) is 0. The third kappa shape index (κ3) is 3.37. The van der Waals surface area contributed by atoms with Crippen LogP contribution in [-0.2, 0) is 9.53 Å². The van der Waals surface area contributed by atoms with Gasteiger partial charge in [-0.2, -0.15) is 0 Å². The van der Waals surface area contributed by atoms with Gasteiger partial charge in [0, 0.05) is 18.8 Å². The molecule has 1 aliphatic carbocycles. The maximum atomic E-state index is 11.4. The van der Waals surface area contributed by atoms with Gasteiger partial charge in [-0.05, 0) is 31.8 Å². The lowest BCUT2D eigenvalue weighted by molar-refractivity contribution is -0.120. The largest absolute Gasteiger partial charge is 0.499 e. The van der Waals surface area contributed by atoms with E-state index in [1.807, 2.05) is 6.92 Å². The highest BCUT2D eigenvalue weighted by Crippen LogP contribution is 2.33. The minimum Gasteiger partial charge on any atom is -0.499 e. The number of hydrogen-bond acceptors (Lipinski definition) is 2. The van der Waals surface area contributed by atoms with Gasteiger partial charge in [-0.15, -0.1) is 0 Å². The Morgan fingerprint density at radius 2 is 2.27 bits per heavy atom. The van der Waals surface area contributed by atoms with Crippen LogP contribution in [0.5, 0.6) is 0 Å². The molecule has 2 atom stereocenters. The number of ketones is 1. The fourth-order valence-corrected chi connectivity index (χ4v) is 2.22. The van der Waals surface area contributed by atoms with Gasteiger partial charge in [-0.25, -0.2) is 0 Å². The van der Waals surface area contributed by atoms with E-state index >= 15 is 0 Å². The average Bonchev–Trinajstić information content (AvgIpc) is 2.51. The molecule has 86 valence electrons. The molecular formula is C13H22O2. The quantitative estimate of drug-likeness (QED) is 0.651. The number of ether oxygens (including phenoxy) is 1. The van der Waals surface area contributed by atoms with Crippen molar-refractivity contribution >= 4 is 5.78 Å². The average molecular weight is 210 g/mol. The van der Waals surface area contributed by atoms with E-state index in [2.05, 4.69) is 19.9 Å². The second kappa shape index (κ2) is 5.94. The second-order valence-electron chi connectivity index (χ2n) is 4.27. The summed E-state index contributed by atoms with van der Waals surface area (Å²) in [6, 6.07) is 0. The molecule has 0 bridgehead atoms. The molecular weight excluding hydrogens is 188 g/mol. The Labute approximate surface area is 92.7 Å². The van der Waals surface area contributed by atoms with Crippen molar-refractivity contribution in [2.24, 2.45) is 11.8 Å². The minimum atomic E-state index is 0.228. The molecule has 2 unspecified atom stereocenters. The van der Waals surface area contributed by atoms with Crippen LogP contribution < -0.4 is 0 Å². The van der Waals surface area contributed by atoms with Gasteiger partial charge in [0.25, 0.3) is 0 Å². The van der Waals surface area contributed by atoms with Crippen molar-refractivity contribution in [1.82, 2.24) is 0 Å². The molecule has 2 nitrogen and oxygen atoms in total. The molecule has 1 saturated carbocycles. The molecule has 0 heterocycles. The zero-order chi connectivity index (χ0) is 11.3. The van der Waals surface area contributed by atoms with E-state index in [0.29, 0.717) is 11.7 Å². The van der Waals surface area contributed by atoms with Gasteiger partial charge in [0.05, 0.1) is 12.4 Å². The smallest absolute Gasteiger partial charge is 0.136 e. The summed E-state index contributed by atoms with van der Waals surface area (Å²) in [5.41, 5.74) is 0. The summed E-state index contributed by atoms with van der Waals surface area (Å²) in [6.45, 7) is 6.89. The van der Waals surface area contributed by atoms with Gasteiger partial charge in [0.15, 0.2) is 0 Å². The molecule has 0 aliphatic heterocycles. The Morgan fingerprint density at radius 1 is 1.53 bits per heavy atom. The van der Waals surface area contributed by atoms with Crippen molar-refractivity contribution in [3.8, 4) is 0 Å². The summed E-state index contributed by atoms with van der Waals surface area (Å²) < 4.78 is 5.58. The van der Waals surface area contributed by atoms with Crippen LogP contribution in [0.25, 0.3) is 0 Å². The maximum absolute atomic E-state index is 11.4. The molecule has 2 heteroatoms. The topological polar surface area (TPSA) is 26.3 Å². The van der Waals surface area contributed by atoms with Gasteiger partial charge in [0.1, 0.15) is 5.78 Å². The summed E-state index contributed by atoms with van der Waals surface area (Å²) in [5, 5.41) is 0. The lowest BCUT2D eigenvalue weighted by Crippen LogP contribution is -2.12. The fraction of sp³-hybridized carbons (Fsp3) is 0.769. The molecule has 0 aromatic heterocycles. The highest BCUT2D eigenvalue weighted by molar-refractivity contribution is 5.83. The van der Waals surface area contributed by atoms with Crippen molar-refractivity contribution in [3.05, 3.63) is 11.8 Å². The lowest BCUT2D eigenvalue weighted by atomic mass is 9.93. The molecule has 0 amide bonds. The van der Waals surface area contributed by atoms with Crippen LogP contribution in [0.4, 0.5) is 0 Å². The molecule has 0 aromatic carbocycles.